The number of alkyl carbamates (subject to hydrolysis) is 1. The number of carbonyl (C=O) groups excluding carboxylic acids is 2. The standard InChI is InChI=1S/C34H60N2O4S.BrH/c1-2-3-4-5-6-7-8-9-10-11-12-13-14-15-16-20-25-35-33(38)40-30-34(23-18-19-24-34)29-39-32(37)22-17-21-26-36-27-28-41-31-36;/h27-28,31H,2-26,29-30H2,1H3;1H. The third-order valence-electron chi connectivity index (χ3n) is 8.59. The SMILES string of the molecule is CCCCCCCCCCCCCCCCCCNC(=O)OCC1(COC(=O)CCCC[n+]2ccsc2)CCCC1.[Br-]. The summed E-state index contributed by atoms with van der Waals surface area (Å²) in [7, 11) is 0. The summed E-state index contributed by atoms with van der Waals surface area (Å²) >= 11 is 1.68. The zero-order valence-corrected chi connectivity index (χ0v) is 29.1. The summed E-state index contributed by atoms with van der Waals surface area (Å²) in [4.78, 5) is 24.5. The van der Waals surface area contributed by atoms with E-state index in [9.17, 15) is 9.59 Å². The van der Waals surface area contributed by atoms with Gasteiger partial charge in [-0.2, -0.15) is 4.57 Å². The number of thiazole rings is 1. The van der Waals surface area contributed by atoms with Crippen LogP contribution in [0, 0.1) is 5.41 Å². The number of hydrogen-bond acceptors (Lipinski definition) is 5. The highest BCUT2D eigenvalue weighted by Crippen LogP contribution is 2.38. The van der Waals surface area contributed by atoms with Crippen molar-refractivity contribution in [1.29, 1.82) is 0 Å². The quantitative estimate of drug-likeness (QED) is 0.0713. The van der Waals surface area contributed by atoms with Crippen molar-refractivity contribution < 1.29 is 40.6 Å². The first-order chi connectivity index (χ1) is 20.1. The predicted molar refractivity (Wildman–Crippen MR) is 169 cm³/mol. The number of hydrogen-bond donors (Lipinski definition) is 1. The largest absolute Gasteiger partial charge is 1.00 e. The smallest absolute Gasteiger partial charge is 0.407 e. The van der Waals surface area contributed by atoms with E-state index in [-0.39, 0.29) is 34.5 Å². The fraction of sp³-hybridized carbons (Fsp3) is 0.853. The number of esters is 1. The van der Waals surface area contributed by atoms with Gasteiger partial charge in [-0.3, -0.25) is 4.79 Å². The molecule has 6 nitrogen and oxygen atoms in total. The molecule has 0 spiro atoms. The average Bonchev–Trinajstić information content (AvgIpc) is 3.68. The highest BCUT2D eigenvalue weighted by molar-refractivity contribution is 7.07. The maximum absolute atomic E-state index is 12.3. The van der Waals surface area contributed by atoms with Gasteiger partial charge in [-0.15, -0.1) is 0 Å². The van der Waals surface area contributed by atoms with Crippen LogP contribution in [0.25, 0.3) is 0 Å². The molecule has 1 aromatic rings. The Hall–Kier alpha value is -1.15. The summed E-state index contributed by atoms with van der Waals surface area (Å²) in [6, 6.07) is 0. The Morgan fingerprint density at radius 3 is 1.86 bits per heavy atom. The van der Waals surface area contributed by atoms with Crippen molar-refractivity contribution in [2.75, 3.05) is 19.8 Å². The fourth-order valence-corrected chi connectivity index (χ4v) is 6.48. The Kier molecular flexibility index (Phi) is 24.3. The van der Waals surface area contributed by atoms with E-state index in [0.717, 1.165) is 57.9 Å². The van der Waals surface area contributed by atoms with Gasteiger partial charge in [-0.25, -0.2) is 4.79 Å². The molecule has 0 radical (unpaired) electrons. The zero-order valence-electron chi connectivity index (χ0n) is 26.7. The van der Waals surface area contributed by atoms with Gasteiger partial charge in [0.15, 0.2) is 6.20 Å². The van der Waals surface area contributed by atoms with Crippen LogP contribution < -0.4 is 26.9 Å². The molecule has 0 aromatic carbocycles. The first-order valence-electron chi connectivity index (χ1n) is 17.1. The van der Waals surface area contributed by atoms with Crippen molar-refractivity contribution in [1.82, 2.24) is 5.32 Å². The number of nitrogens with one attached hydrogen (secondary N) is 1. The van der Waals surface area contributed by atoms with Crippen LogP contribution in [-0.4, -0.2) is 31.8 Å². The number of aromatic nitrogens is 1. The Balaban J connectivity index is 0.00000882. The lowest BCUT2D eigenvalue weighted by Gasteiger charge is -2.27. The van der Waals surface area contributed by atoms with Gasteiger partial charge in [-0.1, -0.05) is 127 Å². The summed E-state index contributed by atoms with van der Waals surface area (Å²) in [5, 5.41) is 4.97. The van der Waals surface area contributed by atoms with Crippen LogP contribution in [0.5, 0.6) is 0 Å². The molecule has 42 heavy (non-hydrogen) atoms. The summed E-state index contributed by atoms with van der Waals surface area (Å²) in [6.07, 6.45) is 29.5. The summed E-state index contributed by atoms with van der Waals surface area (Å²) in [6.45, 7) is 4.58. The summed E-state index contributed by atoms with van der Waals surface area (Å²) < 4.78 is 13.4. The molecule has 8 heteroatoms. The van der Waals surface area contributed by atoms with Crippen LogP contribution in [0.4, 0.5) is 4.79 Å². The molecule has 1 heterocycles. The van der Waals surface area contributed by atoms with Crippen molar-refractivity contribution in [3.8, 4) is 0 Å². The highest BCUT2D eigenvalue weighted by Gasteiger charge is 2.37. The molecule has 0 aliphatic heterocycles. The molecule has 2 rings (SSSR count). The van der Waals surface area contributed by atoms with E-state index < -0.39 is 0 Å². The second-order valence-electron chi connectivity index (χ2n) is 12.4. The molecule has 1 N–H and O–H groups in total. The molecule has 1 saturated carbocycles. The van der Waals surface area contributed by atoms with E-state index in [4.69, 9.17) is 9.47 Å². The molecule has 0 atom stereocenters. The predicted octanol–water partition coefficient (Wildman–Crippen LogP) is 6.30. The summed E-state index contributed by atoms with van der Waals surface area (Å²) in [5.74, 6) is -0.139. The third-order valence-corrected chi connectivity index (χ3v) is 9.26. The minimum absolute atomic E-state index is 0. The van der Waals surface area contributed by atoms with E-state index in [0.29, 0.717) is 26.2 Å². The van der Waals surface area contributed by atoms with Gasteiger partial charge < -0.3 is 31.8 Å². The number of aryl methyl sites for hydroxylation is 1. The molecule has 1 amide bonds. The van der Waals surface area contributed by atoms with Crippen LogP contribution in [0.1, 0.15) is 155 Å². The van der Waals surface area contributed by atoms with Crippen LogP contribution in [0.2, 0.25) is 0 Å². The second kappa shape index (κ2) is 26.3. The van der Waals surface area contributed by atoms with E-state index in [1.54, 1.807) is 11.3 Å². The van der Waals surface area contributed by atoms with Crippen molar-refractivity contribution in [2.24, 2.45) is 5.41 Å². The van der Waals surface area contributed by atoms with Crippen LogP contribution >= 0.6 is 11.3 Å². The lowest BCUT2D eigenvalue weighted by Crippen LogP contribution is -3.00. The number of ether oxygens (including phenoxy) is 2. The number of halogens is 1. The molecule has 1 fully saturated rings. The van der Waals surface area contributed by atoms with Gasteiger partial charge in [0.05, 0.1) is 5.38 Å². The normalized spacial score (nSPS) is 13.9. The van der Waals surface area contributed by atoms with Crippen molar-refractivity contribution in [3.63, 3.8) is 0 Å². The number of unbranched alkanes of at least 4 members (excludes halogenated alkanes) is 16. The highest BCUT2D eigenvalue weighted by atomic mass is 79.9. The minimum Gasteiger partial charge on any atom is -1.00 e. The molecule has 1 aliphatic carbocycles. The maximum atomic E-state index is 12.3. The number of rotatable bonds is 26. The second-order valence-corrected chi connectivity index (χ2v) is 13.2. The minimum atomic E-state index is -0.338. The molecular weight excluding hydrogens is 612 g/mol. The van der Waals surface area contributed by atoms with Gasteiger partial charge in [0.2, 0.25) is 5.51 Å². The number of amides is 1. The van der Waals surface area contributed by atoms with Gasteiger partial charge in [0.25, 0.3) is 0 Å². The van der Waals surface area contributed by atoms with E-state index >= 15 is 0 Å². The van der Waals surface area contributed by atoms with Gasteiger partial charge in [0, 0.05) is 24.8 Å². The zero-order chi connectivity index (χ0) is 29.3. The van der Waals surface area contributed by atoms with E-state index in [1.165, 1.54) is 89.9 Å². The molecule has 244 valence electrons. The topological polar surface area (TPSA) is 68.5 Å². The molecular formula is C34H61BrN2O4S. The Bertz CT molecular complexity index is 772. The Labute approximate surface area is 271 Å². The average molecular weight is 674 g/mol. The maximum Gasteiger partial charge on any atom is 0.407 e. The fourth-order valence-electron chi connectivity index (χ4n) is 5.85. The van der Waals surface area contributed by atoms with Crippen LogP contribution in [0.3, 0.4) is 0 Å². The molecule has 1 aliphatic rings. The molecule has 1 aromatic heterocycles. The Morgan fingerprint density at radius 2 is 1.31 bits per heavy atom. The van der Waals surface area contributed by atoms with Gasteiger partial charge >= 0.3 is 12.1 Å². The lowest BCUT2D eigenvalue weighted by atomic mass is 9.88. The van der Waals surface area contributed by atoms with Crippen molar-refractivity contribution in [2.45, 2.75) is 161 Å². The molecule has 0 bridgehead atoms. The first-order valence-corrected chi connectivity index (χ1v) is 18.1. The van der Waals surface area contributed by atoms with Crippen molar-refractivity contribution in [3.05, 3.63) is 17.1 Å². The monoisotopic (exact) mass is 672 g/mol. The molecule has 0 saturated heterocycles. The summed E-state index contributed by atoms with van der Waals surface area (Å²) in [5.41, 5.74) is 1.87. The van der Waals surface area contributed by atoms with Crippen LogP contribution in [0.15, 0.2) is 17.1 Å². The number of carbonyl (C=O) groups is 2. The Morgan fingerprint density at radius 1 is 0.762 bits per heavy atom. The third kappa shape index (κ3) is 19.9. The van der Waals surface area contributed by atoms with E-state index in [2.05, 4.69) is 33.9 Å². The van der Waals surface area contributed by atoms with Crippen molar-refractivity contribution >= 4 is 23.4 Å². The number of nitrogens with zero attached hydrogens (tertiary/aromatic N) is 1. The molecule has 0 unspecified atom stereocenters. The van der Waals surface area contributed by atoms with Gasteiger partial charge in [-0.05, 0) is 25.7 Å². The van der Waals surface area contributed by atoms with E-state index in [1.807, 2.05) is 0 Å². The lowest BCUT2D eigenvalue weighted by molar-refractivity contribution is -0.692. The first kappa shape index (κ1) is 38.9. The van der Waals surface area contributed by atoms with Crippen LogP contribution in [-0.2, 0) is 20.8 Å². The van der Waals surface area contributed by atoms with Gasteiger partial charge in [0.1, 0.15) is 19.8 Å².